The Labute approximate surface area is 125 Å². The number of aryl methyl sites for hydroxylation is 2. The van der Waals surface area contributed by atoms with Gasteiger partial charge in [-0.15, -0.1) is 0 Å². The molecule has 2 rings (SSSR count). The quantitative estimate of drug-likeness (QED) is 0.747. The molecule has 5 nitrogen and oxygen atoms in total. The Morgan fingerprint density at radius 1 is 1.25 bits per heavy atom. The van der Waals surface area contributed by atoms with E-state index in [0.29, 0.717) is 23.4 Å². The van der Waals surface area contributed by atoms with Gasteiger partial charge in [-0.1, -0.05) is 0 Å². The Kier molecular flexibility index (Phi) is 4.57. The maximum Gasteiger partial charge on any atom is 0.142 e. The van der Waals surface area contributed by atoms with E-state index in [1.54, 1.807) is 13.1 Å². The maximum atomic E-state index is 10.1. The zero-order valence-corrected chi connectivity index (χ0v) is 12.9. The number of aromatic hydroxyl groups is 1. The molecular formula is C14H16BrN3O2. The van der Waals surface area contributed by atoms with E-state index < -0.39 is 0 Å². The van der Waals surface area contributed by atoms with E-state index in [0.717, 1.165) is 16.0 Å². The number of aromatic nitrogens is 2. The summed E-state index contributed by atoms with van der Waals surface area (Å²) in [5.74, 6) is 0.117. The summed E-state index contributed by atoms with van der Waals surface area (Å²) in [6.45, 7) is 3.87. The number of aliphatic hydroxyl groups is 1. The van der Waals surface area contributed by atoms with Crippen LogP contribution in [0.2, 0.25) is 0 Å². The van der Waals surface area contributed by atoms with Crippen molar-refractivity contribution in [1.29, 1.82) is 0 Å². The van der Waals surface area contributed by atoms with Crippen LogP contribution in [-0.2, 0) is 13.2 Å². The van der Waals surface area contributed by atoms with Gasteiger partial charge < -0.3 is 15.5 Å². The number of aliphatic hydroxyl groups excluding tert-OH is 1. The van der Waals surface area contributed by atoms with Gasteiger partial charge in [0.15, 0.2) is 0 Å². The van der Waals surface area contributed by atoms with Crippen molar-refractivity contribution in [3.05, 3.63) is 45.4 Å². The summed E-state index contributed by atoms with van der Waals surface area (Å²) in [5.41, 5.74) is 3.55. The highest BCUT2D eigenvalue weighted by atomic mass is 79.9. The molecule has 0 aliphatic carbocycles. The van der Waals surface area contributed by atoms with Crippen LogP contribution >= 0.6 is 15.9 Å². The van der Waals surface area contributed by atoms with E-state index in [9.17, 15) is 10.2 Å². The van der Waals surface area contributed by atoms with Crippen LogP contribution in [0.3, 0.4) is 0 Å². The molecule has 2 heterocycles. The fraction of sp³-hybridized carbons (Fsp3) is 0.286. The number of anilines is 1. The molecule has 0 fully saturated rings. The molecule has 0 spiro atoms. The van der Waals surface area contributed by atoms with E-state index in [4.69, 9.17) is 0 Å². The van der Waals surface area contributed by atoms with Crippen LogP contribution in [0.1, 0.15) is 22.5 Å². The zero-order valence-electron chi connectivity index (χ0n) is 11.3. The van der Waals surface area contributed by atoms with Gasteiger partial charge in [0, 0.05) is 23.9 Å². The van der Waals surface area contributed by atoms with E-state index in [2.05, 4.69) is 31.2 Å². The maximum absolute atomic E-state index is 10.1. The Bertz CT molecular complexity index is 632. The molecule has 0 atom stereocenters. The monoisotopic (exact) mass is 337 g/mol. The average molecular weight is 338 g/mol. The third-order valence-electron chi connectivity index (χ3n) is 3.11. The summed E-state index contributed by atoms with van der Waals surface area (Å²) in [5, 5.41) is 22.6. The minimum atomic E-state index is -0.157. The Morgan fingerprint density at radius 2 is 2.00 bits per heavy atom. The normalized spacial score (nSPS) is 10.6. The highest BCUT2D eigenvalue weighted by molar-refractivity contribution is 9.10. The van der Waals surface area contributed by atoms with Crippen LogP contribution in [0.15, 0.2) is 22.9 Å². The highest BCUT2D eigenvalue weighted by Gasteiger charge is 2.11. The van der Waals surface area contributed by atoms with Crippen LogP contribution in [-0.4, -0.2) is 20.2 Å². The van der Waals surface area contributed by atoms with Gasteiger partial charge >= 0.3 is 0 Å². The predicted octanol–water partition coefficient (Wildman–Crippen LogP) is 2.67. The number of pyridine rings is 2. The molecule has 6 heteroatoms. The van der Waals surface area contributed by atoms with Crippen molar-refractivity contribution in [2.75, 3.05) is 5.32 Å². The lowest BCUT2D eigenvalue weighted by Crippen LogP contribution is -2.07. The van der Waals surface area contributed by atoms with Crippen molar-refractivity contribution in [1.82, 2.24) is 9.97 Å². The van der Waals surface area contributed by atoms with E-state index >= 15 is 0 Å². The molecule has 0 aromatic carbocycles. The fourth-order valence-corrected chi connectivity index (χ4v) is 2.32. The second-order valence-corrected chi connectivity index (χ2v) is 5.29. The zero-order chi connectivity index (χ0) is 14.7. The van der Waals surface area contributed by atoms with Gasteiger partial charge in [-0.2, -0.15) is 0 Å². The van der Waals surface area contributed by atoms with Crippen LogP contribution in [0.25, 0.3) is 0 Å². The second kappa shape index (κ2) is 6.19. The second-order valence-electron chi connectivity index (χ2n) is 4.47. The van der Waals surface area contributed by atoms with Crippen molar-refractivity contribution < 1.29 is 10.2 Å². The predicted molar refractivity (Wildman–Crippen MR) is 80.6 cm³/mol. The van der Waals surface area contributed by atoms with Gasteiger partial charge in [0.25, 0.3) is 0 Å². The summed E-state index contributed by atoms with van der Waals surface area (Å²) in [6.07, 6.45) is 1.58. The van der Waals surface area contributed by atoms with Gasteiger partial charge in [-0.25, -0.2) is 4.98 Å². The number of rotatable bonds is 4. The molecule has 0 saturated heterocycles. The smallest absolute Gasteiger partial charge is 0.142 e. The fourth-order valence-electron chi connectivity index (χ4n) is 1.92. The first-order valence-corrected chi connectivity index (χ1v) is 6.96. The first-order chi connectivity index (χ1) is 9.52. The molecule has 0 radical (unpaired) electrons. The Hall–Kier alpha value is -1.66. The molecule has 0 aliphatic rings. The number of hydrogen-bond donors (Lipinski definition) is 3. The van der Waals surface area contributed by atoms with Gasteiger partial charge in [0.2, 0.25) is 0 Å². The van der Waals surface area contributed by atoms with Crippen LogP contribution in [0, 0.1) is 13.8 Å². The third-order valence-corrected chi connectivity index (χ3v) is 3.55. The molecule has 3 N–H and O–H groups in total. The molecule has 0 bridgehead atoms. The SMILES string of the molecule is Cc1nc(Br)ccc1NCc1c(CO)cnc(C)c1O. The summed E-state index contributed by atoms with van der Waals surface area (Å²) in [7, 11) is 0. The largest absolute Gasteiger partial charge is 0.506 e. The number of halogens is 1. The lowest BCUT2D eigenvalue weighted by molar-refractivity contribution is 0.279. The molecule has 0 saturated carbocycles. The molecule has 2 aromatic rings. The van der Waals surface area contributed by atoms with Crippen molar-refractivity contribution in [3.63, 3.8) is 0 Å². The van der Waals surface area contributed by atoms with Crippen molar-refractivity contribution >= 4 is 21.6 Å². The van der Waals surface area contributed by atoms with E-state index in [1.807, 2.05) is 19.1 Å². The molecule has 0 aliphatic heterocycles. The average Bonchev–Trinajstić information content (AvgIpc) is 2.42. The molecule has 0 unspecified atom stereocenters. The number of hydrogen-bond acceptors (Lipinski definition) is 5. The van der Waals surface area contributed by atoms with Gasteiger partial charge in [0.05, 0.1) is 23.7 Å². The van der Waals surface area contributed by atoms with Gasteiger partial charge in [-0.05, 0) is 41.9 Å². The molecule has 106 valence electrons. The van der Waals surface area contributed by atoms with E-state index in [-0.39, 0.29) is 12.4 Å². The molecular weight excluding hydrogens is 322 g/mol. The molecule has 2 aromatic heterocycles. The van der Waals surface area contributed by atoms with Gasteiger partial charge in [-0.3, -0.25) is 4.98 Å². The number of nitrogens with one attached hydrogen (secondary N) is 1. The summed E-state index contributed by atoms with van der Waals surface area (Å²) >= 11 is 3.32. The number of nitrogens with zero attached hydrogens (tertiary/aromatic N) is 2. The van der Waals surface area contributed by atoms with Gasteiger partial charge in [0.1, 0.15) is 10.4 Å². The summed E-state index contributed by atoms with van der Waals surface area (Å²) < 4.78 is 0.777. The lowest BCUT2D eigenvalue weighted by Gasteiger charge is -2.14. The standard InChI is InChI=1S/C14H16BrN3O2/c1-8-12(3-4-13(15)18-8)17-6-11-10(7-19)5-16-9(2)14(11)20/h3-5,17,19-20H,6-7H2,1-2H3. The van der Waals surface area contributed by atoms with Crippen molar-refractivity contribution in [2.24, 2.45) is 0 Å². The Balaban J connectivity index is 2.24. The minimum Gasteiger partial charge on any atom is -0.506 e. The lowest BCUT2D eigenvalue weighted by atomic mass is 10.1. The van der Waals surface area contributed by atoms with Crippen molar-refractivity contribution in [2.45, 2.75) is 27.0 Å². The van der Waals surface area contributed by atoms with Crippen molar-refractivity contribution in [3.8, 4) is 5.75 Å². The van der Waals surface area contributed by atoms with Crippen LogP contribution in [0.5, 0.6) is 5.75 Å². The van der Waals surface area contributed by atoms with E-state index in [1.165, 1.54) is 0 Å². The first-order valence-electron chi connectivity index (χ1n) is 6.17. The molecule has 20 heavy (non-hydrogen) atoms. The van der Waals surface area contributed by atoms with Crippen LogP contribution < -0.4 is 5.32 Å². The minimum absolute atomic E-state index is 0.117. The third kappa shape index (κ3) is 3.08. The highest BCUT2D eigenvalue weighted by Crippen LogP contribution is 2.25. The van der Waals surface area contributed by atoms with Crippen LogP contribution in [0.4, 0.5) is 5.69 Å². The first kappa shape index (κ1) is 14.7. The topological polar surface area (TPSA) is 78.3 Å². The summed E-state index contributed by atoms with van der Waals surface area (Å²) in [4.78, 5) is 8.34. The summed E-state index contributed by atoms with van der Waals surface area (Å²) in [6, 6.07) is 3.76. The Morgan fingerprint density at radius 3 is 2.65 bits per heavy atom. The molecule has 0 amide bonds.